The molecule has 0 spiro atoms. The van der Waals surface area contributed by atoms with Crippen LogP contribution in [0.3, 0.4) is 0 Å². The third-order valence-corrected chi connectivity index (χ3v) is 6.37. The van der Waals surface area contributed by atoms with Gasteiger partial charge in [0.25, 0.3) is 0 Å². The van der Waals surface area contributed by atoms with Gasteiger partial charge in [-0.2, -0.15) is 10.2 Å². The van der Waals surface area contributed by atoms with E-state index in [1.54, 1.807) is 0 Å². The zero-order chi connectivity index (χ0) is 18.3. The second-order valence-electron chi connectivity index (χ2n) is 7.90. The van der Waals surface area contributed by atoms with Gasteiger partial charge < -0.3 is 9.80 Å². The average Bonchev–Trinajstić information content (AvgIpc) is 2.94. The van der Waals surface area contributed by atoms with E-state index in [0.29, 0.717) is 5.92 Å². The number of piperidine rings is 2. The van der Waals surface area contributed by atoms with Crippen molar-refractivity contribution >= 4 is 23.5 Å². The molecule has 2 aromatic rings. The highest BCUT2D eigenvalue weighted by Crippen LogP contribution is 2.41. The summed E-state index contributed by atoms with van der Waals surface area (Å²) in [5, 5.41) is 10.1. The maximum absolute atomic E-state index is 5.97. The van der Waals surface area contributed by atoms with Crippen LogP contribution in [0, 0.1) is 5.92 Å². The molecule has 4 heterocycles. The van der Waals surface area contributed by atoms with Crippen molar-refractivity contribution in [3.05, 3.63) is 70.7 Å². The monoisotopic (exact) mass is 378 g/mol. The molecule has 4 aliphatic rings. The fourth-order valence-corrected chi connectivity index (χ4v) is 5.07. The molecule has 0 amide bonds. The molecule has 2 atom stereocenters. The quantitative estimate of drug-likeness (QED) is 0.606. The third-order valence-electron chi connectivity index (χ3n) is 6.12. The van der Waals surface area contributed by atoms with Gasteiger partial charge in [-0.25, -0.2) is 0 Å². The summed E-state index contributed by atoms with van der Waals surface area (Å²) in [6, 6.07) is 18.6. The van der Waals surface area contributed by atoms with Gasteiger partial charge in [0.1, 0.15) is 0 Å². The van der Waals surface area contributed by atoms with Gasteiger partial charge in [0.2, 0.25) is 0 Å². The molecule has 0 aliphatic carbocycles. The van der Waals surface area contributed by atoms with Crippen LogP contribution >= 0.6 is 11.6 Å². The lowest BCUT2D eigenvalue weighted by Crippen LogP contribution is -2.63. The fourth-order valence-electron chi connectivity index (χ4n) is 4.94. The highest BCUT2D eigenvalue weighted by Gasteiger charge is 2.53. The van der Waals surface area contributed by atoms with E-state index < -0.39 is 0 Å². The molecule has 4 aliphatic heterocycles. The van der Waals surface area contributed by atoms with E-state index in [1.807, 2.05) is 30.5 Å². The average molecular weight is 379 g/mol. The summed E-state index contributed by atoms with van der Waals surface area (Å²) in [5.41, 5.74) is 3.60. The van der Waals surface area contributed by atoms with Crippen molar-refractivity contribution in [2.24, 2.45) is 16.1 Å². The van der Waals surface area contributed by atoms with Crippen LogP contribution in [-0.2, 0) is 5.41 Å². The number of halogens is 1. The second-order valence-corrected chi connectivity index (χ2v) is 8.33. The van der Waals surface area contributed by atoms with Crippen molar-refractivity contribution in [2.45, 2.75) is 5.41 Å². The van der Waals surface area contributed by atoms with Crippen molar-refractivity contribution in [2.75, 3.05) is 39.3 Å². The maximum Gasteiger partial charge on any atom is 0.0612 e. The molecule has 2 unspecified atom stereocenters. The number of benzene rings is 2. The van der Waals surface area contributed by atoms with Crippen molar-refractivity contribution in [1.29, 1.82) is 0 Å². The number of hydrogen-bond donors (Lipinski definition) is 0. The first-order valence-corrected chi connectivity index (χ1v) is 9.98. The first kappa shape index (κ1) is 17.1. The van der Waals surface area contributed by atoms with Gasteiger partial charge in [0.15, 0.2) is 0 Å². The van der Waals surface area contributed by atoms with Gasteiger partial charge in [-0.15, -0.1) is 0 Å². The molecule has 2 aromatic carbocycles. The molecular formula is C22H23ClN4. The molecule has 4 saturated heterocycles. The first-order chi connectivity index (χ1) is 13.2. The Kier molecular flexibility index (Phi) is 4.35. The molecule has 0 radical (unpaired) electrons. The Morgan fingerprint density at radius 3 is 2.26 bits per heavy atom. The van der Waals surface area contributed by atoms with Crippen molar-refractivity contribution < 1.29 is 0 Å². The van der Waals surface area contributed by atoms with E-state index in [0.717, 1.165) is 49.9 Å². The lowest BCUT2D eigenvalue weighted by molar-refractivity contribution is 0.164. The lowest BCUT2D eigenvalue weighted by atomic mass is 9.66. The molecule has 4 bridgehead atoms. The number of nitrogens with zero attached hydrogens (tertiary/aromatic N) is 4. The minimum absolute atomic E-state index is 0.0454. The van der Waals surface area contributed by atoms with E-state index in [-0.39, 0.29) is 5.41 Å². The predicted molar refractivity (Wildman–Crippen MR) is 111 cm³/mol. The van der Waals surface area contributed by atoms with Gasteiger partial charge in [-0.3, -0.25) is 0 Å². The summed E-state index contributed by atoms with van der Waals surface area (Å²) in [7, 11) is 0. The van der Waals surface area contributed by atoms with Crippen LogP contribution in [0.2, 0.25) is 5.02 Å². The van der Waals surface area contributed by atoms with Crippen LogP contribution in [-0.4, -0.2) is 61.0 Å². The lowest BCUT2D eigenvalue weighted by Gasteiger charge is -2.50. The van der Waals surface area contributed by atoms with Gasteiger partial charge in [-0.1, -0.05) is 54.1 Å². The largest absolute Gasteiger partial charge is 0.300 e. The highest BCUT2D eigenvalue weighted by molar-refractivity contribution is 6.30. The zero-order valence-corrected chi connectivity index (χ0v) is 16.0. The first-order valence-electron chi connectivity index (χ1n) is 9.60. The molecular weight excluding hydrogens is 356 g/mol. The van der Waals surface area contributed by atoms with Crippen LogP contribution in [0.15, 0.2) is 64.8 Å². The SMILES string of the molecule is Clc1ccc(/C=N\N=C2/C3CN4CCN(C3)CC2(c2ccccc2)C4)cc1. The maximum atomic E-state index is 5.97. The summed E-state index contributed by atoms with van der Waals surface area (Å²) in [4.78, 5) is 5.24. The summed E-state index contributed by atoms with van der Waals surface area (Å²) in [6.07, 6.45) is 1.83. The number of hydrogen-bond acceptors (Lipinski definition) is 4. The molecule has 0 N–H and O–H groups in total. The fraction of sp³-hybridized carbons (Fsp3) is 0.364. The van der Waals surface area contributed by atoms with E-state index in [4.69, 9.17) is 16.7 Å². The van der Waals surface area contributed by atoms with E-state index in [9.17, 15) is 0 Å². The van der Waals surface area contributed by atoms with Gasteiger partial charge in [-0.05, 0) is 23.3 Å². The van der Waals surface area contributed by atoms with Crippen LogP contribution in [0.25, 0.3) is 0 Å². The molecule has 4 fully saturated rings. The Bertz CT molecular complexity index is 859. The van der Waals surface area contributed by atoms with Crippen LogP contribution in [0.4, 0.5) is 0 Å². The summed E-state index contributed by atoms with van der Waals surface area (Å²) < 4.78 is 0. The minimum Gasteiger partial charge on any atom is -0.300 e. The zero-order valence-electron chi connectivity index (χ0n) is 15.3. The van der Waals surface area contributed by atoms with Crippen molar-refractivity contribution in [3.63, 3.8) is 0 Å². The standard InChI is InChI=1S/C22H23ClN4/c23-20-8-6-17(7-9-20)12-24-25-21-18-13-26-10-11-27(14-18)16-22(21,15-26)19-4-2-1-3-5-19/h1-9,12,18H,10-11,13-16H2/b24-12-,25-21+. The molecule has 0 saturated carbocycles. The Morgan fingerprint density at radius 1 is 0.926 bits per heavy atom. The van der Waals surface area contributed by atoms with E-state index >= 15 is 0 Å². The number of fused-ring (bicyclic) bond motifs is 1. The molecule has 27 heavy (non-hydrogen) atoms. The molecule has 5 heteroatoms. The van der Waals surface area contributed by atoms with Gasteiger partial charge >= 0.3 is 0 Å². The summed E-state index contributed by atoms with van der Waals surface area (Å²) in [6.45, 7) is 6.60. The van der Waals surface area contributed by atoms with Crippen molar-refractivity contribution in [3.8, 4) is 0 Å². The van der Waals surface area contributed by atoms with Crippen molar-refractivity contribution in [1.82, 2.24) is 9.80 Å². The van der Waals surface area contributed by atoms with Crippen LogP contribution < -0.4 is 0 Å². The van der Waals surface area contributed by atoms with Crippen LogP contribution in [0.5, 0.6) is 0 Å². The Morgan fingerprint density at radius 2 is 1.59 bits per heavy atom. The Balaban J connectivity index is 1.54. The van der Waals surface area contributed by atoms with Crippen LogP contribution in [0.1, 0.15) is 11.1 Å². The second kappa shape index (κ2) is 6.86. The smallest absolute Gasteiger partial charge is 0.0612 e. The third kappa shape index (κ3) is 3.12. The number of rotatable bonds is 3. The predicted octanol–water partition coefficient (Wildman–Crippen LogP) is 3.31. The summed E-state index contributed by atoms with van der Waals surface area (Å²) in [5.74, 6) is 0.456. The Labute approximate surface area is 165 Å². The van der Waals surface area contributed by atoms with E-state index in [1.165, 1.54) is 11.3 Å². The molecule has 4 nitrogen and oxygen atoms in total. The van der Waals surface area contributed by atoms with E-state index in [2.05, 4.69) is 45.2 Å². The summed E-state index contributed by atoms with van der Waals surface area (Å²) >= 11 is 5.97. The Hall–Kier alpha value is -2.01. The molecule has 6 rings (SSSR count). The highest BCUT2D eigenvalue weighted by atomic mass is 35.5. The van der Waals surface area contributed by atoms with Gasteiger partial charge in [0, 0.05) is 50.2 Å². The minimum atomic E-state index is -0.0454. The topological polar surface area (TPSA) is 31.2 Å². The molecule has 138 valence electrons. The molecule has 0 aromatic heterocycles. The van der Waals surface area contributed by atoms with Gasteiger partial charge in [0.05, 0.1) is 17.3 Å². The normalized spacial score (nSPS) is 33.7.